The second-order valence-electron chi connectivity index (χ2n) is 6.54. The van der Waals surface area contributed by atoms with E-state index >= 15 is 0 Å². The second-order valence-corrected chi connectivity index (χ2v) is 6.54. The van der Waals surface area contributed by atoms with Crippen molar-refractivity contribution in [1.29, 1.82) is 0 Å². The number of nitrogens with one attached hydrogen (secondary N) is 2. The fraction of sp³-hybridized carbons (Fsp3) is 0.450. The van der Waals surface area contributed by atoms with Gasteiger partial charge in [0, 0.05) is 45.6 Å². The van der Waals surface area contributed by atoms with Gasteiger partial charge in [0.2, 0.25) is 5.91 Å². The number of furan rings is 1. The Bertz CT molecular complexity index is 711. The minimum Gasteiger partial charge on any atom is -0.461 e. The Kier molecular flexibility index (Phi) is 6.80. The molecule has 2 N–H and O–H groups in total. The van der Waals surface area contributed by atoms with Crippen LogP contribution in [0.1, 0.15) is 18.6 Å². The van der Waals surface area contributed by atoms with E-state index < -0.39 is 0 Å². The van der Waals surface area contributed by atoms with Crippen molar-refractivity contribution in [3.05, 3.63) is 48.0 Å². The van der Waals surface area contributed by atoms with Crippen LogP contribution in [-0.4, -0.2) is 50.1 Å². The van der Waals surface area contributed by atoms with E-state index in [0.29, 0.717) is 36.5 Å². The zero-order valence-corrected chi connectivity index (χ0v) is 15.0. The summed E-state index contributed by atoms with van der Waals surface area (Å²) in [6.45, 7) is 5.97. The Morgan fingerprint density at radius 1 is 1.19 bits per heavy atom. The molecule has 5 nitrogen and oxygen atoms in total. The molecule has 2 heterocycles. The first-order chi connectivity index (χ1) is 12.7. The van der Waals surface area contributed by atoms with Gasteiger partial charge in [-0.15, -0.1) is 0 Å². The van der Waals surface area contributed by atoms with E-state index in [2.05, 4.69) is 15.5 Å². The third-order valence-corrected chi connectivity index (χ3v) is 4.58. The fourth-order valence-corrected chi connectivity index (χ4v) is 3.11. The Morgan fingerprint density at radius 3 is 2.81 bits per heavy atom. The molecule has 1 amide bonds. The monoisotopic (exact) mass is 359 g/mol. The molecule has 1 aromatic heterocycles. The zero-order chi connectivity index (χ0) is 18.2. The van der Waals surface area contributed by atoms with Gasteiger partial charge >= 0.3 is 0 Å². The van der Waals surface area contributed by atoms with Crippen molar-refractivity contribution in [2.45, 2.75) is 19.3 Å². The molecular weight excluding hydrogens is 333 g/mol. The fourth-order valence-electron chi connectivity index (χ4n) is 3.11. The molecule has 1 aromatic carbocycles. The van der Waals surface area contributed by atoms with E-state index in [1.807, 2.05) is 0 Å². The van der Waals surface area contributed by atoms with Crippen molar-refractivity contribution in [2.24, 2.45) is 0 Å². The van der Waals surface area contributed by atoms with Crippen LogP contribution in [-0.2, 0) is 11.2 Å². The maximum atomic E-state index is 13.8. The number of hydrogen-bond acceptors (Lipinski definition) is 4. The lowest BCUT2D eigenvalue weighted by molar-refractivity contribution is -0.121. The summed E-state index contributed by atoms with van der Waals surface area (Å²) in [7, 11) is 0. The molecule has 0 radical (unpaired) electrons. The summed E-state index contributed by atoms with van der Waals surface area (Å²) in [6, 6.07) is 10.1. The number of aryl methyl sites for hydroxylation is 1. The molecule has 3 rings (SSSR count). The number of rotatable bonds is 8. The van der Waals surface area contributed by atoms with Crippen molar-refractivity contribution >= 4 is 5.91 Å². The van der Waals surface area contributed by atoms with Gasteiger partial charge in [-0.1, -0.05) is 12.1 Å². The summed E-state index contributed by atoms with van der Waals surface area (Å²) in [5.41, 5.74) is 0.441. The van der Waals surface area contributed by atoms with E-state index in [4.69, 9.17) is 4.42 Å². The van der Waals surface area contributed by atoms with Crippen LogP contribution in [0, 0.1) is 5.82 Å². The van der Waals surface area contributed by atoms with Crippen molar-refractivity contribution in [3.63, 3.8) is 0 Å². The van der Waals surface area contributed by atoms with Crippen LogP contribution in [0.4, 0.5) is 4.39 Å². The lowest BCUT2D eigenvalue weighted by Gasteiger charge is -2.27. The molecule has 26 heavy (non-hydrogen) atoms. The second kappa shape index (κ2) is 9.50. The minimum absolute atomic E-state index is 0.0224. The number of halogens is 1. The standard InChI is InChI=1S/C20H26FN3O2/c21-18-5-2-1-4-17(18)19-8-6-16(26-19)7-9-20(25)23-10-3-13-24-14-11-22-12-15-24/h1-2,4-6,8,22H,3,7,9-15H2,(H,23,25). The van der Waals surface area contributed by atoms with Crippen LogP contribution in [0.3, 0.4) is 0 Å². The zero-order valence-electron chi connectivity index (χ0n) is 15.0. The van der Waals surface area contributed by atoms with Crippen LogP contribution in [0.5, 0.6) is 0 Å². The lowest BCUT2D eigenvalue weighted by atomic mass is 10.1. The summed E-state index contributed by atoms with van der Waals surface area (Å²) in [5, 5.41) is 6.29. The third-order valence-electron chi connectivity index (χ3n) is 4.58. The summed E-state index contributed by atoms with van der Waals surface area (Å²) < 4.78 is 19.4. The third kappa shape index (κ3) is 5.41. The van der Waals surface area contributed by atoms with E-state index in [9.17, 15) is 9.18 Å². The van der Waals surface area contributed by atoms with Gasteiger partial charge < -0.3 is 20.0 Å². The van der Waals surface area contributed by atoms with Crippen molar-refractivity contribution < 1.29 is 13.6 Å². The molecule has 140 valence electrons. The number of carbonyl (C=O) groups excluding carboxylic acids is 1. The first kappa shape index (κ1) is 18.6. The predicted molar refractivity (Wildman–Crippen MR) is 99.4 cm³/mol. The summed E-state index contributed by atoms with van der Waals surface area (Å²) in [5.74, 6) is 0.901. The quantitative estimate of drug-likeness (QED) is 0.711. The van der Waals surface area contributed by atoms with Crippen LogP contribution in [0.25, 0.3) is 11.3 Å². The first-order valence-corrected chi connectivity index (χ1v) is 9.26. The van der Waals surface area contributed by atoms with Crippen molar-refractivity contribution in [3.8, 4) is 11.3 Å². The van der Waals surface area contributed by atoms with Crippen molar-refractivity contribution in [2.75, 3.05) is 39.3 Å². The number of carbonyl (C=O) groups is 1. The molecule has 2 aromatic rings. The van der Waals surface area contributed by atoms with E-state index in [-0.39, 0.29) is 11.7 Å². The van der Waals surface area contributed by atoms with Gasteiger partial charge in [0.15, 0.2) is 0 Å². The van der Waals surface area contributed by atoms with Crippen LogP contribution >= 0.6 is 0 Å². The van der Waals surface area contributed by atoms with Gasteiger partial charge in [0.05, 0.1) is 5.56 Å². The average molecular weight is 359 g/mol. The molecule has 0 bridgehead atoms. The van der Waals surface area contributed by atoms with Gasteiger partial charge in [0.25, 0.3) is 0 Å². The van der Waals surface area contributed by atoms with E-state index in [1.54, 1.807) is 30.3 Å². The number of hydrogen-bond donors (Lipinski definition) is 2. The molecule has 0 spiro atoms. The normalized spacial score (nSPS) is 15.1. The highest BCUT2D eigenvalue weighted by atomic mass is 19.1. The Labute approximate surface area is 153 Å². The van der Waals surface area contributed by atoms with Gasteiger partial charge in [-0.05, 0) is 37.2 Å². The van der Waals surface area contributed by atoms with Crippen LogP contribution in [0.15, 0.2) is 40.8 Å². The molecule has 1 aliphatic heterocycles. The highest BCUT2D eigenvalue weighted by molar-refractivity contribution is 5.76. The first-order valence-electron chi connectivity index (χ1n) is 9.26. The molecular formula is C20H26FN3O2. The molecule has 0 saturated carbocycles. The smallest absolute Gasteiger partial charge is 0.220 e. The Hall–Kier alpha value is -2.18. The largest absolute Gasteiger partial charge is 0.461 e. The number of nitrogens with zero attached hydrogens (tertiary/aromatic N) is 1. The summed E-state index contributed by atoms with van der Waals surface area (Å²) >= 11 is 0. The maximum absolute atomic E-state index is 13.8. The minimum atomic E-state index is -0.310. The Morgan fingerprint density at radius 2 is 2.00 bits per heavy atom. The average Bonchev–Trinajstić information content (AvgIpc) is 3.13. The van der Waals surface area contributed by atoms with Gasteiger partial charge in [-0.25, -0.2) is 4.39 Å². The Balaban J connectivity index is 1.36. The molecule has 0 atom stereocenters. The molecule has 0 unspecified atom stereocenters. The molecule has 1 saturated heterocycles. The number of benzene rings is 1. The number of amides is 1. The SMILES string of the molecule is O=C(CCc1ccc(-c2ccccc2F)o1)NCCCN1CCNCC1. The topological polar surface area (TPSA) is 57.5 Å². The molecule has 1 aliphatic rings. The van der Waals surface area contributed by atoms with Crippen LogP contribution in [0.2, 0.25) is 0 Å². The number of piperazine rings is 1. The molecule has 1 fully saturated rings. The molecule has 0 aliphatic carbocycles. The summed E-state index contributed by atoms with van der Waals surface area (Å²) in [6.07, 6.45) is 1.85. The highest BCUT2D eigenvalue weighted by Crippen LogP contribution is 2.25. The lowest BCUT2D eigenvalue weighted by Crippen LogP contribution is -2.44. The highest BCUT2D eigenvalue weighted by Gasteiger charge is 2.11. The summed E-state index contributed by atoms with van der Waals surface area (Å²) in [4.78, 5) is 14.4. The van der Waals surface area contributed by atoms with Gasteiger partial charge in [-0.3, -0.25) is 4.79 Å². The predicted octanol–water partition coefficient (Wildman–Crippen LogP) is 2.43. The van der Waals surface area contributed by atoms with Crippen molar-refractivity contribution in [1.82, 2.24) is 15.5 Å². The maximum Gasteiger partial charge on any atom is 0.220 e. The van der Waals surface area contributed by atoms with E-state index in [0.717, 1.165) is 39.1 Å². The molecule has 6 heteroatoms. The van der Waals surface area contributed by atoms with E-state index in [1.165, 1.54) is 6.07 Å². The van der Waals surface area contributed by atoms with Gasteiger partial charge in [0.1, 0.15) is 17.3 Å². The van der Waals surface area contributed by atoms with Crippen LogP contribution < -0.4 is 10.6 Å². The van der Waals surface area contributed by atoms with Gasteiger partial charge in [-0.2, -0.15) is 0 Å².